The van der Waals surface area contributed by atoms with E-state index in [-0.39, 0.29) is 23.9 Å². The van der Waals surface area contributed by atoms with Crippen LogP contribution in [0, 0.1) is 16.0 Å². The van der Waals surface area contributed by atoms with Crippen molar-refractivity contribution < 1.29 is 19.6 Å². The van der Waals surface area contributed by atoms with Crippen molar-refractivity contribution in [2.75, 3.05) is 5.32 Å². The van der Waals surface area contributed by atoms with Gasteiger partial charge in [0, 0.05) is 29.8 Å². The summed E-state index contributed by atoms with van der Waals surface area (Å²) >= 11 is 0. The van der Waals surface area contributed by atoms with E-state index in [2.05, 4.69) is 10.6 Å². The van der Waals surface area contributed by atoms with Gasteiger partial charge >= 0.3 is 5.69 Å². The summed E-state index contributed by atoms with van der Waals surface area (Å²) < 4.78 is 0. The van der Waals surface area contributed by atoms with Gasteiger partial charge in [-0.25, -0.2) is 0 Å². The van der Waals surface area contributed by atoms with E-state index in [0.29, 0.717) is 5.69 Å². The predicted octanol–water partition coefficient (Wildman–Crippen LogP) is 3.75. The van der Waals surface area contributed by atoms with Crippen molar-refractivity contribution in [3.63, 3.8) is 0 Å². The molecule has 0 bridgehead atoms. The Hall–Kier alpha value is -3.42. The first kappa shape index (κ1) is 20.3. The van der Waals surface area contributed by atoms with Gasteiger partial charge in [0.15, 0.2) is 5.75 Å². The molecule has 0 heterocycles. The average molecular weight is 397 g/mol. The summed E-state index contributed by atoms with van der Waals surface area (Å²) in [6, 6.07) is 10.7. The molecular formula is C21H23N3O5. The largest absolute Gasteiger partial charge is 0.502 e. The van der Waals surface area contributed by atoms with Gasteiger partial charge in [-0.3, -0.25) is 19.7 Å². The van der Waals surface area contributed by atoms with E-state index in [0.717, 1.165) is 43.4 Å². The fourth-order valence-corrected chi connectivity index (χ4v) is 3.47. The zero-order chi connectivity index (χ0) is 20.8. The van der Waals surface area contributed by atoms with Gasteiger partial charge < -0.3 is 15.7 Å². The van der Waals surface area contributed by atoms with E-state index < -0.39 is 22.3 Å². The van der Waals surface area contributed by atoms with E-state index in [1.165, 1.54) is 12.5 Å². The first-order valence-electron chi connectivity index (χ1n) is 9.59. The highest BCUT2D eigenvalue weighted by Gasteiger charge is 2.21. The third kappa shape index (κ3) is 5.31. The molecule has 2 aromatic carbocycles. The van der Waals surface area contributed by atoms with Crippen LogP contribution in [0.2, 0.25) is 0 Å². The first-order chi connectivity index (χ1) is 13.9. The van der Waals surface area contributed by atoms with Crippen molar-refractivity contribution in [2.24, 2.45) is 5.92 Å². The number of phenolic OH excluding ortho intramolecular Hbond substituents is 1. The number of nitrogens with one attached hydrogen (secondary N) is 2. The van der Waals surface area contributed by atoms with Crippen molar-refractivity contribution in [2.45, 2.75) is 38.6 Å². The molecule has 1 saturated carbocycles. The van der Waals surface area contributed by atoms with Crippen LogP contribution >= 0.6 is 0 Å². The lowest BCUT2D eigenvalue weighted by molar-refractivity contribution is -0.385. The predicted molar refractivity (Wildman–Crippen MR) is 108 cm³/mol. The highest BCUT2D eigenvalue weighted by molar-refractivity contribution is 5.95. The van der Waals surface area contributed by atoms with Gasteiger partial charge in [0.05, 0.1) is 4.92 Å². The lowest BCUT2D eigenvalue weighted by Gasteiger charge is -2.20. The molecule has 0 spiro atoms. The standard InChI is InChI=1S/C21H23N3O5/c25-19-12-16(9-10-18(19)24(28)29)20(26)22-13-14-5-4-8-17(11-14)23-21(27)15-6-2-1-3-7-15/h4-5,8-12,15,25H,1-3,6-7,13H2,(H,22,26)(H,23,27). The second-order valence-corrected chi connectivity index (χ2v) is 7.17. The lowest BCUT2D eigenvalue weighted by Crippen LogP contribution is -2.25. The third-order valence-corrected chi connectivity index (χ3v) is 5.06. The normalized spacial score (nSPS) is 14.2. The Bertz CT molecular complexity index is 922. The summed E-state index contributed by atoms with van der Waals surface area (Å²) in [7, 11) is 0. The monoisotopic (exact) mass is 397 g/mol. The van der Waals surface area contributed by atoms with Crippen LogP contribution in [0.15, 0.2) is 42.5 Å². The molecule has 8 nitrogen and oxygen atoms in total. The van der Waals surface area contributed by atoms with Crippen molar-refractivity contribution in [1.29, 1.82) is 0 Å². The molecule has 2 aromatic rings. The van der Waals surface area contributed by atoms with E-state index in [9.17, 15) is 24.8 Å². The molecular weight excluding hydrogens is 374 g/mol. The van der Waals surface area contributed by atoms with Crippen LogP contribution in [0.5, 0.6) is 5.75 Å². The quantitative estimate of drug-likeness (QED) is 0.506. The number of hydrogen-bond acceptors (Lipinski definition) is 5. The minimum atomic E-state index is -0.718. The van der Waals surface area contributed by atoms with Crippen molar-refractivity contribution in [3.05, 3.63) is 63.7 Å². The molecule has 29 heavy (non-hydrogen) atoms. The van der Waals surface area contributed by atoms with Crippen LogP contribution in [0.1, 0.15) is 48.0 Å². The first-order valence-corrected chi connectivity index (χ1v) is 9.59. The number of nitro benzene ring substituents is 1. The number of carbonyl (C=O) groups is 2. The molecule has 1 aliphatic rings. The Morgan fingerprint density at radius 3 is 2.55 bits per heavy atom. The Morgan fingerprint density at radius 1 is 1.10 bits per heavy atom. The topological polar surface area (TPSA) is 122 Å². The maximum absolute atomic E-state index is 12.4. The number of nitro groups is 1. The van der Waals surface area contributed by atoms with Gasteiger partial charge in [0.1, 0.15) is 0 Å². The van der Waals surface area contributed by atoms with Crippen LogP contribution in [0.3, 0.4) is 0 Å². The second-order valence-electron chi connectivity index (χ2n) is 7.17. The Balaban J connectivity index is 1.58. The van der Waals surface area contributed by atoms with Crippen molar-refractivity contribution in [1.82, 2.24) is 5.32 Å². The van der Waals surface area contributed by atoms with E-state index in [1.54, 1.807) is 18.2 Å². The zero-order valence-corrected chi connectivity index (χ0v) is 15.9. The number of rotatable bonds is 6. The number of benzene rings is 2. The van der Waals surface area contributed by atoms with E-state index in [1.807, 2.05) is 6.07 Å². The lowest BCUT2D eigenvalue weighted by atomic mass is 9.88. The Labute approximate surface area is 168 Å². The van der Waals surface area contributed by atoms with E-state index >= 15 is 0 Å². The van der Waals surface area contributed by atoms with Crippen LogP contribution in [-0.4, -0.2) is 21.8 Å². The number of phenols is 1. The fourth-order valence-electron chi connectivity index (χ4n) is 3.47. The van der Waals surface area contributed by atoms with Crippen molar-refractivity contribution >= 4 is 23.2 Å². The number of anilines is 1. The molecule has 0 atom stereocenters. The van der Waals surface area contributed by atoms with Crippen molar-refractivity contribution in [3.8, 4) is 5.75 Å². The molecule has 0 aromatic heterocycles. The van der Waals surface area contributed by atoms with Gasteiger partial charge in [0.2, 0.25) is 5.91 Å². The smallest absolute Gasteiger partial charge is 0.310 e. The summed E-state index contributed by atoms with van der Waals surface area (Å²) in [5.74, 6) is -0.934. The Morgan fingerprint density at radius 2 is 1.86 bits per heavy atom. The molecule has 3 N–H and O–H groups in total. The van der Waals surface area contributed by atoms with Gasteiger partial charge in [0.25, 0.3) is 5.91 Å². The molecule has 0 unspecified atom stereocenters. The summed E-state index contributed by atoms with van der Waals surface area (Å²) in [5.41, 5.74) is 1.14. The summed E-state index contributed by atoms with van der Waals surface area (Å²) in [6.07, 6.45) is 5.20. The minimum absolute atomic E-state index is 0.0345. The molecule has 2 amide bonds. The average Bonchev–Trinajstić information content (AvgIpc) is 2.72. The molecule has 152 valence electrons. The number of carbonyl (C=O) groups excluding carboxylic acids is 2. The molecule has 3 rings (SSSR count). The molecule has 1 fully saturated rings. The molecule has 0 saturated heterocycles. The second kappa shape index (κ2) is 9.18. The Kier molecular flexibility index (Phi) is 6.43. The highest BCUT2D eigenvalue weighted by atomic mass is 16.6. The van der Waals surface area contributed by atoms with Crippen LogP contribution < -0.4 is 10.6 Å². The number of amides is 2. The summed E-state index contributed by atoms with van der Waals surface area (Å²) in [6.45, 7) is 0.212. The number of aromatic hydroxyl groups is 1. The summed E-state index contributed by atoms with van der Waals surface area (Å²) in [5, 5.41) is 26.0. The van der Waals surface area contributed by atoms with Crippen LogP contribution in [-0.2, 0) is 11.3 Å². The molecule has 0 aliphatic heterocycles. The SMILES string of the molecule is O=C(NCc1cccc(NC(=O)C2CCCCC2)c1)c1ccc([N+](=O)[O-])c(O)c1. The number of hydrogen-bond donors (Lipinski definition) is 3. The minimum Gasteiger partial charge on any atom is -0.502 e. The van der Waals surface area contributed by atoms with Crippen LogP contribution in [0.4, 0.5) is 11.4 Å². The number of nitrogens with zero attached hydrogens (tertiary/aromatic N) is 1. The molecule has 1 aliphatic carbocycles. The maximum atomic E-state index is 12.4. The van der Waals surface area contributed by atoms with Gasteiger partial charge in [-0.2, -0.15) is 0 Å². The fraction of sp³-hybridized carbons (Fsp3) is 0.333. The molecule has 8 heteroatoms. The summed E-state index contributed by atoms with van der Waals surface area (Å²) in [4.78, 5) is 34.7. The molecule has 0 radical (unpaired) electrons. The third-order valence-electron chi connectivity index (χ3n) is 5.06. The van der Waals surface area contributed by atoms with Gasteiger partial charge in [-0.1, -0.05) is 31.4 Å². The maximum Gasteiger partial charge on any atom is 0.310 e. The highest BCUT2D eigenvalue weighted by Crippen LogP contribution is 2.27. The van der Waals surface area contributed by atoms with Gasteiger partial charge in [-0.15, -0.1) is 0 Å². The van der Waals surface area contributed by atoms with E-state index in [4.69, 9.17) is 0 Å². The van der Waals surface area contributed by atoms with Gasteiger partial charge in [-0.05, 0) is 42.7 Å². The zero-order valence-electron chi connectivity index (χ0n) is 15.9. The van der Waals surface area contributed by atoms with Crippen LogP contribution in [0.25, 0.3) is 0 Å².